The Morgan fingerprint density at radius 3 is 2.31 bits per heavy atom. The summed E-state index contributed by atoms with van der Waals surface area (Å²) in [5.74, 6) is -1.36. The number of rotatable bonds is 8. The van der Waals surface area contributed by atoms with E-state index in [1.54, 1.807) is 12.1 Å². The molecule has 0 radical (unpaired) electrons. The number of amides is 1. The molecule has 154 valence electrons. The lowest BCUT2D eigenvalue weighted by Crippen LogP contribution is -2.46. The Labute approximate surface area is 171 Å². The van der Waals surface area contributed by atoms with E-state index in [0.717, 1.165) is 19.3 Å². The number of sulfone groups is 1. The quantitative estimate of drug-likeness (QED) is 0.670. The van der Waals surface area contributed by atoms with Gasteiger partial charge in [0.25, 0.3) is 5.91 Å². The van der Waals surface area contributed by atoms with Crippen LogP contribution >= 0.6 is 0 Å². The van der Waals surface area contributed by atoms with E-state index in [1.165, 1.54) is 24.6 Å². The lowest BCUT2D eigenvalue weighted by atomic mass is 9.64. The molecule has 0 unspecified atom stereocenters. The number of hydrogen-bond acceptors (Lipinski definition) is 5. The van der Waals surface area contributed by atoms with Crippen LogP contribution in [0.15, 0.2) is 59.5 Å². The van der Waals surface area contributed by atoms with Crippen molar-refractivity contribution in [3.8, 4) is 0 Å². The summed E-state index contributed by atoms with van der Waals surface area (Å²) in [4.78, 5) is 24.5. The van der Waals surface area contributed by atoms with Gasteiger partial charge in [-0.15, -0.1) is 0 Å². The molecule has 0 aliphatic heterocycles. The monoisotopic (exact) mass is 415 g/mol. The van der Waals surface area contributed by atoms with Crippen molar-refractivity contribution in [1.29, 1.82) is 0 Å². The van der Waals surface area contributed by atoms with Gasteiger partial charge in [0.1, 0.15) is 0 Å². The topological polar surface area (TPSA) is 89.5 Å². The predicted octanol–water partition coefficient (Wildman–Crippen LogP) is 2.88. The molecule has 2 aromatic carbocycles. The first-order chi connectivity index (χ1) is 13.9. The van der Waals surface area contributed by atoms with Crippen LogP contribution in [0.1, 0.15) is 42.1 Å². The summed E-state index contributed by atoms with van der Waals surface area (Å²) in [7, 11) is -3.57. The Hall–Kier alpha value is -2.67. The summed E-state index contributed by atoms with van der Waals surface area (Å²) in [6, 6.07) is 15.9. The van der Waals surface area contributed by atoms with Gasteiger partial charge in [-0.1, -0.05) is 55.8 Å². The fourth-order valence-corrected chi connectivity index (χ4v) is 4.64. The molecule has 3 rings (SSSR count). The van der Waals surface area contributed by atoms with Gasteiger partial charge < -0.3 is 10.1 Å². The average molecular weight is 416 g/mol. The second-order valence-corrected chi connectivity index (χ2v) is 9.50. The van der Waals surface area contributed by atoms with Gasteiger partial charge in [-0.05, 0) is 30.5 Å². The highest BCUT2D eigenvalue weighted by Crippen LogP contribution is 2.43. The van der Waals surface area contributed by atoms with Crippen molar-refractivity contribution < 1.29 is 22.7 Å². The Morgan fingerprint density at radius 2 is 1.69 bits per heavy atom. The minimum absolute atomic E-state index is 0.0538. The molecule has 1 N–H and O–H groups in total. The maximum atomic E-state index is 12.4. The van der Waals surface area contributed by atoms with Crippen LogP contribution in [0.4, 0.5) is 0 Å². The van der Waals surface area contributed by atoms with Gasteiger partial charge in [0, 0.05) is 12.0 Å². The average Bonchev–Trinajstić information content (AvgIpc) is 2.72. The first-order valence-corrected chi connectivity index (χ1v) is 11.3. The molecule has 2 aromatic rings. The molecule has 1 aliphatic carbocycles. The minimum atomic E-state index is -3.57. The minimum Gasteiger partial charge on any atom is -0.452 e. The van der Waals surface area contributed by atoms with Crippen molar-refractivity contribution in [1.82, 2.24) is 5.32 Å². The van der Waals surface area contributed by atoms with Crippen molar-refractivity contribution in [2.75, 3.05) is 18.9 Å². The lowest BCUT2D eigenvalue weighted by molar-refractivity contribution is -0.124. The zero-order chi connectivity index (χ0) is 20.9. The van der Waals surface area contributed by atoms with Gasteiger partial charge in [-0.2, -0.15) is 0 Å². The molecule has 0 heterocycles. The number of benzene rings is 2. The second-order valence-electron chi connectivity index (χ2n) is 7.25. The third-order valence-corrected chi connectivity index (χ3v) is 7.26. The molecular formula is C22H25NO5S. The Balaban J connectivity index is 1.59. The maximum absolute atomic E-state index is 12.4. The number of hydrogen-bond donors (Lipinski definition) is 1. The number of nitrogens with one attached hydrogen (secondary N) is 1. The molecule has 7 heteroatoms. The Kier molecular flexibility index (Phi) is 6.37. The lowest BCUT2D eigenvalue weighted by Gasteiger charge is -2.42. The summed E-state index contributed by atoms with van der Waals surface area (Å²) >= 11 is 0. The van der Waals surface area contributed by atoms with Crippen LogP contribution in [0.3, 0.4) is 0 Å². The van der Waals surface area contributed by atoms with Gasteiger partial charge in [0.2, 0.25) is 0 Å². The van der Waals surface area contributed by atoms with E-state index in [2.05, 4.69) is 17.4 Å². The van der Waals surface area contributed by atoms with E-state index >= 15 is 0 Å². The van der Waals surface area contributed by atoms with Crippen LogP contribution in [0.2, 0.25) is 0 Å². The molecule has 1 amide bonds. The zero-order valence-corrected chi connectivity index (χ0v) is 17.2. The molecule has 29 heavy (non-hydrogen) atoms. The first kappa shape index (κ1) is 21.0. The predicted molar refractivity (Wildman–Crippen MR) is 109 cm³/mol. The molecular weight excluding hydrogens is 390 g/mol. The normalized spacial score (nSPS) is 15.2. The molecule has 1 fully saturated rings. The standard InChI is InChI=1S/C22H25NO5S/c1-2-29(26,27)19-12-7-6-11-18(19)21(25)28-15-20(24)23-16-22(13-8-14-22)17-9-4-3-5-10-17/h3-7,9-12H,2,8,13-16H2,1H3,(H,23,24). The van der Waals surface area contributed by atoms with Crippen molar-refractivity contribution in [2.45, 2.75) is 36.5 Å². The highest BCUT2D eigenvalue weighted by Gasteiger charge is 2.38. The summed E-state index contributed by atoms with van der Waals surface area (Å²) < 4.78 is 29.4. The Bertz CT molecular complexity index is 981. The smallest absolute Gasteiger partial charge is 0.339 e. The molecule has 0 bridgehead atoms. The van der Waals surface area contributed by atoms with E-state index in [1.807, 2.05) is 18.2 Å². The summed E-state index contributed by atoms with van der Waals surface area (Å²) in [5.41, 5.74) is 1.08. The van der Waals surface area contributed by atoms with Crippen LogP contribution in [-0.2, 0) is 24.8 Å². The van der Waals surface area contributed by atoms with Crippen LogP contribution in [0.25, 0.3) is 0 Å². The van der Waals surface area contributed by atoms with Crippen molar-refractivity contribution >= 4 is 21.7 Å². The SMILES string of the molecule is CCS(=O)(=O)c1ccccc1C(=O)OCC(=O)NCC1(c2ccccc2)CCC1. The van der Waals surface area contributed by atoms with Gasteiger partial charge >= 0.3 is 5.97 Å². The van der Waals surface area contributed by atoms with Gasteiger partial charge in [-0.25, -0.2) is 13.2 Å². The third-order valence-electron chi connectivity index (χ3n) is 5.48. The molecule has 1 saturated carbocycles. The summed E-state index contributed by atoms with van der Waals surface area (Å²) in [6.07, 6.45) is 3.11. The summed E-state index contributed by atoms with van der Waals surface area (Å²) in [5, 5.41) is 2.85. The van der Waals surface area contributed by atoms with Crippen LogP contribution in [-0.4, -0.2) is 39.2 Å². The third kappa shape index (κ3) is 4.67. The van der Waals surface area contributed by atoms with Gasteiger partial charge in [-0.3, -0.25) is 4.79 Å². The van der Waals surface area contributed by atoms with Crippen molar-refractivity contribution in [3.63, 3.8) is 0 Å². The van der Waals surface area contributed by atoms with Crippen LogP contribution < -0.4 is 5.32 Å². The fourth-order valence-electron chi connectivity index (χ4n) is 3.55. The highest BCUT2D eigenvalue weighted by molar-refractivity contribution is 7.91. The van der Waals surface area contributed by atoms with Gasteiger partial charge in [0.15, 0.2) is 16.4 Å². The van der Waals surface area contributed by atoms with E-state index in [4.69, 9.17) is 4.74 Å². The highest BCUT2D eigenvalue weighted by atomic mass is 32.2. The Morgan fingerprint density at radius 1 is 1.03 bits per heavy atom. The van der Waals surface area contributed by atoms with Crippen LogP contribution in [0, 0.1) is 0 Å². The van der Waals surface area contributed by atoms with Gasteiger partial charge in [0.05, 0.1) is 16.2 Å². The molecule has 0 saturated heterocycles. The van der Waals surface area contributed by atoms with E-state index in [-0.39, 0.29) is 21.6 Å². The number of carbonyl (C=O) groups is 2. The fraction of sp³-hybridized carbons (Fsp3) is 0.364. The van der Waals surface area contributed by atoms with E-state index in [0.29, 0.717) is 6.54 Å². The second kappa shape index (κ2) is 8.78. The maximum Gasteiger partial charge on any atom is 0.339 e. The number of carbonyl (C=O) groups excluding carboxylic acids is 2. The van der Waals surface area contributed by atoms with Crippen molar-refractivity contribution in [2.24, 2.45) is 0 Å². The van der Waals surface area contributed by atoms with Crippen molar-refractivity contribution in [3.05, 3.63) is 65.7 Å². The molecule has 1 aliphatic rings. The zero-order valence-electron chi connectivity index (χ0n) is 16.4. The molecule has 0 aromatic heterocycles. The first-order valence-electron chi connectivity index (χ1n) is 9.69. The molecule has 6 nitrogen and oxygen atoms in total. The molecule has 0 atom stereocenters. The largest absolute Gasteiger partial charge is 0.452 e. The molecule has 0 spiro atoms. The number of esters is 1. The van der Waals surface area contributed by atoms with Crippen LogP contribution in [0.5, 0.6) is 0 Å². The van der Waals surface area contributed by atoms with E-state index in [9.17, 15) is 18.0 Å². The summed E-state index contributed by atoms with van der Waals surface area (Å²) in [6.45, 7) is 1.53. The van der Waals surface area contributed by atoms with E-state index < -0.39 is 28.3 Å². The number of ether oxygens (including phenoxy) is 1.